The Hall–Kier alpha value is -2.02. The lowest BCUT2D eigenvalue weighted by atomic mass is 9.92. The molecule has 0 radical (unpaired) electrons. The Kier molecular flexibility index (Phi) is 4.29. The number of carbonyl (C=O) groups excluding carboxylic acids is 1. The summed E-state index contributed by atoms with van der Waals surface area (Å²) in [5, 5.41) is 23.2. The lowest BCUT2D eigenvalue weighted by Gasteiger charge is -2.28. The van der Waals surface area contributed by atoms with E-state index in [4.69, 9.17) is 0 Å². The normalized spacial score (nSPS) is 22.3. The average molecular weight is 282 g/mol. The summed E-state index contributed by atoms with van der Waals surface area (Å²) in [5.74, 6) is -1.45. The second kappa shape index (κ2) is 5.96. The van der Waals surface area contributed by atoms with Crippen LogP contribution in [-0.2, 0) is 0 Å². The van der Waals surface area contributed by atoms with E-state index in [1.807, 2.05) is 0 Å². The maximum Gasteiger partial charge on any atom is 0.282 e. The molecule has 1 aromatic rings. The first-order valence-corrected chi connectivity index (χ1v) is 6.42. The first-order chi connectivity index (χ1) is 9.49. The molecule has 2 atom stereocenters. The van der Waals surface area contributed by atoms with E-state index in [2.05, 4.69) is 5.32 Å². The monoisotopic (exact) mass is 282 g/mol. The molecule has 2 unspecified atom stereocenters. The molecule has 1 saturated carbocycles. The molecule has 1 aliphatic rings. The number of rotatable bonds is 3. The summed E-state index contributed by atoms with van der Waals surface area (Å²) in [5.41, 5.74) is -0.776. The van der Waals surface area contributed by atoms with Crippen LogP contribution in [0.1, 0.15) is 36.0 Å². The largest absolute Gasteiger partial charge is 0.391 e. The summed E-state index contributed by atoms with van der Waals surface area (Å²) < 4.78 is 13.2. The molecule has 6 nitrogen and oxygen atoms in total. The third-order valence-electron chi connectivity index (χ3n) is 3.45. The molecule has 2 N–H and O–H groups in total. The molecule has 108 valence electrons. The molecule has 0 aromatic heterocycles. The highest BCUT2D eigenvalue weighted by Gasteiger charge is 2.28. The van der Waals surface area contributed by atoms with Crippen molar-refractivity contribution in [1.82, 2.24) is 5.32 Å². The number of hydrogen-bond donors (Lipinski definition) is 2. The number of nitro groups is 1. The van der Waals surface area contributed by atoms with Gasteiger partial charge in [-0.1, -0.05) is 12.8 Å². The van der Waals surface area contributed by atoms with Crippen molar-refractivity contribution < 1.29 is 19.2 Å². The van der Waals surface area contributed by atoms with Gasteiger partial charge >= 0.3 is 0 Å². The molecule has 0 spiro atoms. The highest BCUT2D eigenvalue weighted by molar-refractivity contribution is 5.98. The summed E-state index contributed by atoms with van der Waals surface area (Å²) in [4.78, 5) is 22.2. The fourth-order valence-corrected chi connectivity index (χ4v) is 2.38. The zero-order valence-corrected chi connectivity index (χ0v) is 10.7. The smallest absolute Gasteiger partial charge is 0.282 e. The lowest BCUT2D eigenvalue weighted by Crippen LogP contribution is -2.45. The Balaban J connectivity index is 2.20. The number of benzene rings is 1. The minimum absolute atomic E-state index is 0.326. The van der Waals surface area contributed by atoms with Gasteiger partial charge in [0.1, 0.15) is 11.4 Å². The SMILES string of the molecule is O=C(NC1CCCCC1O)c1cc(F)ccc1[N+](=O)[O-]. The van der Waals surface area contributed by atoms with Crippen LogP contribution in [0.25, 0.3) is 0 Å². The van der Waals surface area contributed by atoms with Crippen LogP contribution >= 0.6 is 0 Å². The molecule has 1 amide bonds. The van der Waals surface area contributed by atoms with Crippen molar-refractivity contribution in [2.24, 2.45) is 0 Å². The van der Waals surface area contributed by atoms with Gasteiger partial charge in [0.2, 0.25) is 0 Å². The van der Waals surface area contributed by atoms with E-state index in [1.54, 1.807) is 0 Å². The molecule has 1 aromatic carbocycles. The number of aliphatic hydroxyl groups excluding tert-OH is 1. The van der Waals surface area contributed by atoms with Crippen LogP contribution in [0.15, 0.2) is 18.2 Å². The molecule has 1 fully saturated rings. The van der Waals surface area contributed by atoms with Gasteiger partial charge in [0.25, 0.3) is 11.6 Å². The van der Waals surface area contributed by atoms with Crippen molar-refractivity contribution in [1.29, 1.82) is 0 Å². The van der Waals surface area contributed by atoms with Crippen LogP contribution in [0.5, 0.6) is 0 Å². The van der Waals surface area contributed by atoms with Gasteiger partial charge in [-0.25, -0.2) is 4.39 Å². The van der Waals surface area contributed by atoms with E-state index in [1.165, 1.54) is 0 Å². The Morgan fingerprint density at radius 1 is 1.40 bits per heavy atom. The van der Waals surface area contributed by atoms with Crippen molar-refractivity contribution in [3.8, 4) is 0 Å². The Labute approximate surface area is 114 Å². The van der Waals surface area contributed by atoms with Crippen LogP contribution in [-0.4, -0.2) is 28.1 Å². The molecule has 0 bridgehead atoms. The molecule has 0 saturated heterocycles. The first kappa shape index (κ1) is 14.4. The standard InChI is InChI=1S/C13H15FN2O4/c14-8-5-6-11(16(19)20)9(7-8)13(18)15-10-3-1-2-4-12(10)17/h5-7,10,12,17H,1-4H2,(H,15,18). The molecular formula is C13H15FN2O4. The maximum absolute atomic E-state index is 13.2. The van der Waals surface area contributed by atoms with Crippen molar-refractivity contribution in [3.05, 3.63) is 39.7 Å². The van der Waals surface area contributed by atoms with E-state index in [9.17, 15) is 24.4 Å². The molecule has 2 rings (SSSR count). The third-order valence-corrected chi connectivity index (χ3v) is 3.45. The summed E-state index contributed by atoms with van der Waals surface area (Å²) in [7, 11) is 0. The van der Waals surface area contributed by atoms with Crippen molar-refractivity contribution in [2.75, 3.05) is 0 Å². The second-order valence-electron chi connectivity index (χ2n) is 4.85. The fourth-order valence-electron chi connectivity index (χ4n) is 2.38. The van der Waals surface area contributed by atoms with Gasteiger partial charge in [-0.05, 0) is 25.0 Å². The average Bonchev–Trinajstić information content (AvgIpc) is 2.40. The van der Waals surface area contributed by atoms with Gasteiger partial charge in [-0.15, -0.1) is 0 Å². The van der Waals surface area contributed by atoms with Crippen LogP contribution in [0, 0.1) is 15.9 Å². The topological polar surface area (TPSA) is 92.5 Å². The van der Waals surface area contributed by atoms with Crippen molar-refractivity contribution in [2.45, 2.75) is 37.8 Å². The van der Waals surface area contributed by atoms with E-state index >= 15 is 0 Å². The predicted octanol–water partition coefficient (Wildman–Crippen LogP) is 1.77. The number of halogens is 1. The predicted molar refractivity (Wildman–Crippen MR) is 68.8 cm³/mol. The molecule has 0 aliphatic heterocycles. The number of nitro benzene ring substituents is 1. The van der Waals surface area contributed by atoms with E-state index in [0.29, 0.717) is 12.8 Å². The Bertz CT molecular complexity index is 535. The number of amides is 1. The number of nitrogens with one attached hydrogen (secondary N) is 1. The van der Waals surface area contributed by atoms with Gasteiger partial charge in [0.05, 0.1) is 17.1 Å². The molecule has 1 aliphatic carbocycles. The zero-order chi connectivity index (χ0) is 14.7. The van der Waals surface area contributed by atoms with E-state index in [-0.39, 0.29) is 5.56 Å². The van der Waals surface area contributed by atoms with Gasteiger partial charge in [0.15, 0.2) is 0 Å². The third kappa shape index (κ3) is 3.11. The van der Waals surface area contributed by atoms with Crippen LogP contribution in [0.3, 0.4) is 0 Å². The lowest BCUT2D eigenvalue weighted by molar-refractivity contribution is -0.385. The van der Waals surface area contributed by atoms with Crippen LogP contribution in [0.4, 0.5) is 10.1 Å². The molecular weight excluding hydrogens is 267 g/mol. The Morgan fingerprint density at radius 3 is 2.75 bits per heavy atom. The molecule has 7 heteroatoms. The van der Waals surface area contributed by atoms with Gasteiger partial charge in [0, 0.05) is 6.07 Å². The maximum atomic E-state index is 13.2. The second-order valence-corrected chi connectivity index (χ2v) is 4.85. The summed E-state index contributed by atoms with van der Waals surface area (Å²) in [6.07, 6.45) is 2.27. The first-order valence-electron chi connectivity index (χ1n) is 6.42. The summed E-state index contributed by atoms with van der Waals surface area (Å²) in [6, 6.07) is 2.29. The highest BCUT2D eigenvalue weighted by atomic mass is 19.1. The summed E-state index contributed by atoms with van der Waals surface area (Å²) in [6.45, 7) is 0. The van der Waals surface area contributed by atoms with Gasteiger partial charge in [-0.3, -0.25) is 14.9 Å². The minimum atomic E-state index is -0.734. The van der Waals surface area contributed by atoms with E-state index < -0.39 is 34.5 Å². The molecule has 20 heavy (non-hydrogen) atoms. The van der Waals surface area contributed by atoms with Crippen molar-refractivity contribution in [3.63, 3.8) is 0 Å². The zero-order valence-electron chi connectivity index (χ0n) is 10.7. The number of aliphatic hydroxyl groups is 1. The number of carbonyl (C=O) groups is 1. The number of hydrogen-bond acceptors (Lipinski definition) is 4. The summed E-state index contributed by atoms with van der Waals surface area (Å²) >= 11 is 0. The quantitative estimate of drug-likeness (QED) is 0.652. The highest BCUT2D eigenvalue weighted by Crippen LogP contribution is 2.22. The molecule has 0 heterocycles. The van der Waals surface area contributed by atoms with Crippen LogP contribution < -0.4 is 5.32 Å². The minimum Gasteiger partial charge on any atom is -0.391 e. The van der Waals surface area contributed by atoms with Gasteiger partial charge < -0.3 is 10.4 Å². The van der Waals surface area contributed by atoms with Crippen LogP contribution in [0.2, 0.25) is 0 Å². The van der Waals surface area contributed by atoms with Gasteiger partial charge in [-0.2, -0.15) is 0 Å². The Morgan fingerprint density at radius 2 is 2.10 bits per heavy atom. The van der Waals surface area contributed by atoms with E-state index in [0.717, 1.165) is 31.0 Å². The number of nitrogens with zero attached hydrogens (tertiary/aromatic N) is 1. The fraction of sp³-hybridized carbons (Fsp3) is 0.462. The van der Waals surface area contributed by atoms with Crippen molar-refractivity contribution >= 4 is 11.6 Å².